The molecule has 0 aliphatic heterocycles. The summed E-state index contributed by atoms with van der Waals surface area (Å²) in [5.74, 6) is 0.434. The Hall–Kier alpha value is -5.42. The van der Waals surface area contributed by atoms with Gasteiger partial charge in [-0.3, -0.25) is 19.8 Å². The van der Waals surface area contributed by atoms with Gasteiger partial charge >= 0.3 is 35.6 Å². The van der Waals surface area contributed by atoms with E-state index < -0.39 is 24.2 Å². The van der Waals surface area contributed by atoms with E-state index in [4.69, 9.17) is 9.47 Å². The summed E-state index contributed by atoms with van der Waals surface area (Å²) in [4.78, 5) is 80.1. The van der Waals surface area contributed by atoms with Gasteiger partial charge in [0.05, 0.1) is 0 Å². The molecule has 0 unspecified atom stereocenters. The van der Waals surface area contributed by atoms with Gasteiger partial charge in [-0.05, 0) is 62.8 Å². The summed E-state index contributed by atoms with van der Waals surface area (Å²) in [6.45, 7) is 7.44. The highest BCUT2D eigenvalue weighted by atomic mass is 16.6. The number of ether oxygens (including phenoxy) is 2. The standard InChI is InChI=1S/C40H66N10O8/c1-3-5-7-17-27-49-29-21-33(47-37(49)53)45-35(51)41-23-13-9-11-15-25-43-39(55)57-31-19-20-32-58-40(56)44-26-16-12-10-14-24-42-36(52)46-34-22-30-50(38(54)48-34)28-18-8-6-4-2/h19-22,29-30H,3-18,23-28,31-32H2,1-2H3,(H,43,55)(H,44,56)(H2,41,45,47,51,53)(H2,42,46,48,52,54)/b20-19+. The van der Waals surface area contributed by atoms with Gasteiger partial charge in [0.15, 0.2) is 0 Å². The van der Waals surface area contributed by atoms with Crippen LogP contribution in [0.2, 0.25) is 0 Å². The number of alkyl carbamates (subject to hydrolysis) is 2. The lowest BCUT2D eigenvalue weighted by atomic mass is 10.2. The first-order valence-electron chi connectivity index (χ1n) is 20.9. The van der Waals surface area contributed by atoms with Crippen LogP contribution in [-0.2, 0) is 22.6 Å². The Morgan fingerprint density at radius 1 is 0.534 bits per heavy atom. The van der Waals surface area contributed by atoms with Gasteiger partial charge in [-0.1, -0.05) is 78.1 Å². The molecule has 58 heavy (non-hydrogen) atoms. The lowest BCUT2D eigenvalue weighted by Gasteiger charge is -2.09. The topological polar surface area (TPSA) is 229 Å². The van der Waals surface area contributed by atoms with Crippen molar-refractivity contribution < 1.29 is 28.7 Å². The number of urea groups is 2. The number of nitrogens with zero attached hydrogens (tertiary/aromatic N) is 4. The van der Waals surface area contributed by atoms with Crippen LogP contribution >= 0.6 is 0 Å². The maximum Gasteiger partial charge on any atom is 0.407 e. The molecule has 324 valence electrons. The summed E-state index contributed by atoms with van der Waals surface area (Å²) in [5, 5.41) is 16.1. The average molecular weight is 815 g/mol. The molecular formula is C40H66N10O8. The van der Waals surface area contributed by atoms with Crippen LogP contribution in [0.25, 0.3) is 0 Å². The quantitative estimate of drug-likeness (QED) is 0.0396. The number of unbranched alkanes of at least 4 members (excludes halogenated alkanes) is 12. The van der Waals surface area contributed by atoms with Crippen molar-refractivity contribution in [3.63, 3.8) is 0 Å². The SMILES string of the molecule is CCCCCCn1ccc(NC(=O)NCCCCCCNC(=O)OC/C=C/COC(=O)NCCCCCCNC(=O)Nc2ccn(CCCCCC)c(=O)n2)nc1=O. The maximum atomic E-state index is 12.2. The average Bonchev–Trinajstić information content (AvgIpc) is 3.19. The molecule has 0 aromatic carbocycles. The first kappa shape index (κ1) is 48.7. The largest absolute Gasteiger partial charge is 0.445 e. The Kier molecular flexibility index (Phi) is 26.6. The lowest BCUT2D eigenvalue weighted by molar-refractivity contribution is 0.154. The summed E-state index contributed by atoms with van der Waals surface area (Å²) in [5.41, 5.74) is -0.762. The lowest BCUT2D eigenvalue weighted by Crippen LogP contribution is -2.31. The van der Waals surface area contributed by atoms with Gasteiger partial charge < -0.3 is 30.7 Å². The molecule has 18 heteroatoms. The zero-order chi connectivity index (χ0) is 42.1. The molecule has 0 saturated heterocycles. The van der Waals surface area contributed by atoms with E-state index in [9.17, 15) is 28.8 Å². The fourth-order valence-corrected chi connectivity index (χ4v) is 5.55. The number of carbonyl (C=O) groups is 4. The van der Waals surface area contributed by atoms with Crippen molar-refractivity contribution in [3.8, 4) is 0 Å². The van der Waals surface area contributed by atoms with Gasteiger partial charge in [-0.25, -0.2) is 28.8 Å². The van der Waals surface area contributed by atoms with Crippen molar-refractivity contribution in [2.45, 2.75) is 130 Å². The molecular weight excluding hydrogens is 749 g/mol. The van der Waals surface area contributed by atoms with Crippen LogP contribution in [0.15, 0.2) is 46.3 Å². The van der Waals surface area contributed by atoms with Crippen LogP contribution in [0.3, 0.4) is 0 Å². The number of hydrogen-bond donors (Lipinski definition) is 6. The minimum absolute atomic E-state index is 0.0399. The summed E-state index contributed by atoms with van der Waals surface area (Å²) >= 11 is 0. The highest BCUT2D eigenvalue weighted by Gasteiger charge is 2.07. The Balaban J connectivity index is 1.36. The summed E-state index contributed by atoms with van der Waals surface area (Å²) < 4.78 is 13.3. The van der Waals surface area contributed by atoms with Crippen LogP contribution in [0.1, 0.15) is 117 Å². The van der Waals surface area contributed by atoms with Crippen molar-refractivity contribution in [2.24, 2.45) is 0 Å². The van der Waals surface area contributed by atoms with Crippen molar-refractivity contribution in [1.82, 2.24) is 40.4 Å². The zero-order valence-corrected chi connectivity index (χ0v) is 34.5. The highest BCUT2D eigenvalue weighted by Crippen LogP contribution is 2.05. The number of anilines is 2. The molecule has 0 spiro atoms. The Morgan fingerprint density at radius 3 is 1.26 bits per heavy atom. The third-order valence-corrected chi connectivity index (χ3v) is 8.84. The van der Waals surface area contributed by atoms with Gasteiger partial charge in [0, 0.05) is 51.7 Å². The predicted molar refractivity (Wildman–Crippen MR) is 224 cm³/mol. The van der Waals surface area contributed by atoms with Gasteiger partial charge in [0.2, 0.25) is 0 Å². The van der Waals surface area contributed by atoms with Crippen molar-refractivity contribution in [1.29, 1.82) is 0 Å². The third kappa shape index (κ3) is 24.3. The van der Waals surface area contributed by atoms with Crippen molar-refractivity contribution in [2.75, 3.05) is 50.0 Å². The maximum absolute atomic E-state index is 12.2. The molecule has 6 amide bonds. The molecule has 2 aromatic rings. The number of amides is 6. The molecule has 0 bridgehead atoms. The molecule has 2 heterocycles. The molecule has 2 rings (SSSR count). The molecule has 0 radical (unpaired) electrons. The number of aromatic nitrogens is 4. The van der Waals surface area contributed by atoms with E-state index in [-0.39, 0.29) is 36.2 Å². The Labute approximate surface area is 341 Å². The number of carbonyl (C=O) groups excluding carboxylic acids is 4. The van der Waals surface area contributed by atoms with Crippen LogP contribution in [0.5, 0.6) is 0 Å². The fraction of sp³-hybridized carbons (Fsp3) is 0.650. The van der Waals surface area contributed by atoms with Gasteiger partial charge in [-0.2, -0.15) is 9.97 Å². The molecule has 0 fully saturated rings. The van der Waals surface area contributed by atoms with Crippen molar-refractivity contribution in [3.05, 3.63) is 57.6 Å². The molecule has 0 aliphatic rings. The molecule has 0 aliphatic carbocycles. The van der Waals surface area contributed by atoms with E-state index in [2.05, 4.69) is 55.7 Å². The summed E-state index contributed by atoms with van der Waals surface area (Å²) in [6, 6.07) is 2.40. The third-order valence-electron chi connectivity index (χ3n) is 8.84. The predicted octanol–water partition coefficient (Wildman–Crippen LogP) is 6.03. The van der Waals surface area contributed by atoms with Crippen LogP contribution in [0.4, 0.5) is 30.8 Å². The van der Waals surface area contributed by atoms with Gasteiger partial charge in [0.25, 0.3) is 0 Å². The number of rotatable bonds is 30. The van der Waals surface area contributed by atoms with E-state index in [0.717, 1.165) is 103 Å². The molecule has 18 nitrogen and oxygen atoms in total. The van der Waals surface area contributed by atoms with Crippen LogP contribution in [-0.4, -0.2) is 82.7 Å². The van der Waals surface area contributed by atoms with E-state index >= 15 is 0 Å². The number of nitrogens with one attached hydrogen (secondary N) is 6. The van der Waals surface area contributed by atoms with Crippen LogP contribution in [0, 0.1) is 0 Å². The second-order valence-electron chi connectivity index (χ2n) is 13.8. The minimum Gasteiger partial charge on any atom is -0.445 e. The van der Waals surface area contributed by atoms with Crippen LogP contribution < -0.4 is 43.3 Å². The van der Waals surface area contributed by atoms with Gasteiger partial charge in [0.1, 0.15) is 24.8 Å². The van der Waals surface area contributed by atoms with E-state index in [0.29, 0.717) is 39.3 Å². The fourth-order valence-electron chi connectivity index (χ4n) is 5.55. The second kappa shape index (κ2) is 31.6. The Bertz CT molecular complexity index is 1510. The molecule has 0 atom stereocenters. The second-order valence-corrected chi connectivity index (χ2v) is 13.8. The summed E-state index contributed by atoms with van der Waals surface area (Å²) in [6.07, 6.45) is 20.4. The monoisotopic (exact) mass is 815 g/mol. The van der Waals surface area contributed by atoms with E-state index in [1.165, 1.54) is 0 Å². The number of aryl methyl sites for hydroxylation is 2. The van der Waals surface area contributed by atoms with Crippen molar-refractivity contribution >= 4 is 35.9 Å². The van der Waals surface area contributed by atoms with E-state index in [1.807, 2.05) is 0 Å². The molecule has 2 aromatic heterocycles. The normalized spacial score (nSPS) is 10.9. The van der Waals surface area contributed by atoms with Gasteiger partial charge in [-0.15, -0.1) is 0 Å². The smallest absolute Gasteiger partial charge is 0.407 e. The van der Waals surface area contributed by atoms with E-state index in [1.54, 1.807) is 45.8 Å². The minimum atomic E-state index is -0.539. The first-order valence-corrected chi connectivity index (χ1v) is 20.9. The molecule has 6 N–H and O–H groups in total. The Morgan fingerprint density at radius 2 is 0.897 bits per heavy atom. The zero-order valence-electron chi connectivity index (χ0n) is 34.5. The number of hydrogen-bond acceptors (Lipinski definition) is 10. The summed E-state index contributed by atoms with van der Waals surface area (Å²) in [7, 11) is 0. The molecule has 0 saturated carbocycles. The first-order chi connectivity index (χ1) is 28.2. The highest BCUT2D eigenvalue weighted by molar-refractivity contribution is 5.88.